The number of ether oxygens (including phenoxy) is 1. The molecule has 1 unspecified atom stereocenters. The molecule has 0 amide bonds. The van der Waals surface area contributed by atoms with Gasteiger partial charge in [-0.2, -0.15) is 0 Å². The maximum absolute atomic E-state index is 5.21. The molecule has 0 bridgehead atoms. The molecule has 1 N–H and O–H groups in total. The zero-order valence-electron chi connectivity index (χ0n) is 11.2. The summed E-state index contributed by atoms with van der Waals surface area (Å²) in [6.45, 7) is 8.89. The summed E-state index contributed by atoms with van der Waals surface area (Å²) >= 11 is 0. The summed E-state index contributed by atoms with van der Waals surface area (Å²) in [7, 11) is 1.79. The van der Waals surface area contributed by atoms with E-state index in [2.05, 4.69) is 24.1 Å². The van der Waals surface area contributed by atoms with Crippen LogP contribution < -0.4 is 5.32 Å². The molecular formula is C13H28N2O. The zero-order chi connectivity index (χ0) is 11.8. The molecule has 1 rings (SSSR count). The summed E-state index contributed by atoms with van der Waals surface area (Å²) in [5.74, 6) is 0. The molecule has 1 fully saturated rings. The van der Waals surface area contributed by atoms with Crippen molar-refractivity contribution in [3.05, 3.63) is 0 Å². The van der Waals surface area contributed by atoms with Crippen molar-refractivity contribution in [1.29, 1.82) is 0 Å². The van der Waals surface area contributed by atoms with Crippen molar-refractivity contribution in [2.75, 3.05) is 33.4 Å². The number of hydrogen-bond donors (Lipinski definition) is 1. The Labute approximate surface area is 101 Å². The van der Waals surface area contributed by atoms with Crippen LogP contribution >= 0.6 is 0 Å². The fraction of sp³-hybridized carbons (Fsp3) is 1.00. The van der Waals surface area contributed by atoms with Crippen LogP contribution in [-0.4, -0.2) is 50.3 Å². The lowest BCUT2D eigenvalue weighted by Crippen LogP contribution is -2.44. The van der Waals surface area contributed by atoms with Crippen LogP contribution in [0.15, 0.2) is 0 Å². The van der Waals surface area contributed by atoms with Crippen LogP contribution in [0.4, 0.5) is 0 Å². The number of hydrogen-bond acceptors (Lipinski definition) is 3. The molecule has 96 valence electrons. The van der Waals surface area contributed by atoms with E-state index in [0.29, 0.717) is 6.04 Å². The highest BCUT2D eigenvalue weighted by molar-refractivity contribution is 4.80. The molecule has 0 aromatic carbocycles. The van der Waals surface area contributed by atoms with Crippen LogP contribution in [0.2, 0.25) is 0 Å². The number of methoxy groups -OCH3 is 1. The first-order chi connectivity index (χ1) is 7.81. The fourth-order valence-corrected chi connectivity index (χ4v) is 2.63. The van der Waals surface area contributed by atoms with E-state index in [4.69, 9.17) is 4.74 Å². The molecule has 0 saturated carbocycles. The Kier molecular flexibility index (Phi) is 7.01. The predicted octanol–water partition coefficient (Wildman–Crippen LogP) is 1.88. The summed E-state index contributed by atoms with van der Waals surface area (Å²) in [6.07, 6.45) is 5.16. The standard InChI is InChI=1S/C13H28N2O/c1-4-13(5-2)15(9-10-16-3)11-12-7-6-8-14-12/h12-14H,4-11H2,1-3H3. The molecule has 0 aliphatic carbocycles. The smallest absolute Gasteiger partial charge is 0.0589 e. The summed E-state index contributed by atoms with van der Waals surface area (Å²) in [4.78, 5) is 2.60. The highest BCUT2D eigenvalue weighted by atomic mass is 16.5. The molecule has 3 heteroatoms. The third kappa shape index (κ3) is 4.40. The van der Waals surface area contributed by atoms with Gasteiger partial charge in [0.2, 0.25) is 0 Å². The minimum absolute atomic E-state index is 0.706. The highest BCUT2D eigenvalue weighted by Gasteiger charge is 2.21. The normalized spacial score (nSPS) is 21.2. The lowest BCUT2D eigenvalue weighted by atomic mass is 10.1. The minimum atomic E-state index is 0.706. The van der Waals surface area contributed by atoms with Gasteiger partial charge in [-0.25, -0.2) is 0 Å². The zero-order valence-corrected chi connectivity index (χ0v) is 11.2. The van der Waals surface area contributed by atoms with Crippen molar-refractivity contribution in [1.82, 2.24) is 10.2 Å². The fourth-order valence-electron chi connectivity index (χ4n) is 2.63. The van der Waals surface area contributed by atoms with Crippen LogP contribution in [0.3, 0.4) is 0 Å². The molecule has 1 heterocycles. The third-order valence-electron chi connectivity index (χ3n) is 3.66. The predicted molar refractivity (Wildman–Crippen MR) is 68.8 cm³/mol. The average molecular weight is 228 g/mol. The Morgan fingerprint density at radius 2 is 2.12 bits per heavy atom. The minimum Gasteiger partial charge on any atom is -0.383 e. The number of nitrogens with one attached hydrogen (secondary N) is 1. The van der Waals surface area contributed by atoms with Gasteiger partial charge in [0, 0.05) is 32.3 Å². The summed E-state index contributed by atoms with van der Waals surface area (Å²) in [6, 6.07) is 1.43. The molecule has 0 spiro atoms. The van der Waals surface area contributed by atoms with Crippen LogP contribution in [-0.2, 0) is 4.74 Å². The van der Waals surface area contributed by atoms with Gasteiger partial charge in [0.15, 0.2) is 0 Å². The van der Waals surface area contributed by atoms with Crippen molar-refractivity contribution < 1.29 is 4.74 Å². The van der Waals surface area contributed by atoms with Gasteiger partial charge in [-0.3, -0.25) is 4.90 Å². The molecule has 1 atom stereocenters. The molecule has 1 aliphatic rings. The summed E-state index contributed by atoms with van der Waals surface area (Å²) in [5.41, 5.74) is 0. The number of rotatable bonds is 8. The van der Waals surface area contributed by atoms with Crippen LogP contribution in [0.25, 0.3) is 0 Å². The van der Waals surface area contributed by atoms with Crippen LogP contribution in [0.5, 0.6) is 0 Å². The Bertz CT molecular complexity index is 165. The molecule has 0 radical (unpaired) electrons. The second-order valence-corrected chi connectivity index (χ2v) is 4.75. The second-order valence-electron chi connectivity index (χ2n) is 4.75. The molecule has 0 aromatic rings. The molecule has 1 saturated heterocycles. The van der Waals surface area contributed by atoms with E-state index in [9.17, 15) is 0 Å². The molecule has 16 heavy (non-hydrogen) atoms. The van der Waals surface area contributed by atoms with Crippen molar-refractivity contribution >= 4 is 0 Å². The maximum atomic E-state index is 5.21. The topological polar surface area (TPSA) is 24.5 Å². The van der Waals surface area contributed by atoms with E-state index < -0.39 is 0 Å². The van der Waals surface area contributed by atoms with Gasteiger partial charge in [0.1, 0.15) is 0 Å². The quantitative estimate of drug-likeness (QED) is 0.686. The Morgan fingerprint density at radius 1 is 1.38 bits per heavy atom. The first-order valence-corrected chi connectivity index (χ1v) is 6.78. The lowest BCUT2D eigenvalue weighted by molar-refractivity contribution is 0.108. The lowest BCUT2D eigenvalue weighted by Gasteiger charge is -2.32. The summed E-state index contributed by atoms with van der Waals surface area (Å²) in [5, 5.41) is 3.58. The number of nitrogens with zero attached hydrogens (tertiary/aromatic N) is 1. The largest absolute Gasteiger partial charge is 0.383 e. The Morgan fingerprint density at radius 3 is 2.62 bits per heavy atom. The van der Waals surface area contributed by atoms with Gasteiger partial charge in [0.25, 0.3) is 0 Å². The Hall–Kier alpha value is -0.120. The van der Waals surface area contributed by atoms with Gasteiger partial charge >= 0.3 is 0 Å². The average Bonchev–Trinajstić information content (AvgIpc) is 2.80. The van der Waals surface area contributed by atoms with Crippen LogP contribution in [0, 0.1) is 0 Å². The monoisotopic (exact) mass is 228 g/mol. The molecule has 0 aromatic heterocycles. The third-order valence-corrected chi connectivity index (χ3v) is 3.66. The van der Waals surface area contributed by atoms with Crippen molar-refractivity contribution in [3.8, 4) is 0 Å². The molecular weight excluding hydrogens is 200 g/mol. The van der Waals surface area contributed by atoms with E-state index in [0.717, 1.165) is 19.2 Å². The van der Waals surface area contributed by atoms with Crippen molar-refractivity contribution in [2.45, 2.75) is 51.6 Å². The Balaban J connectivity index is 2.40. The molecule has 3 nitrogen and oxygen atoms in total. The first kappa shape index (κ1) is 13.9. The van der Waals surface area contributed by atoms with Gasteiger partial charge in [-0.05, 0) is 32.2 Å². The maximum Gasteiger partial charge on any atom is 0.0589 e. The SMILES string of the molecule is CCC(CC)N(CCOC)CC1CCCN1. The van der Waals surface area contributed by atoms with Crippen molar-refractivity contribution in [2.24, 2.45) is 0 Å². The van der Waals surface area contributed by atoms with Crippen LogP contribution in [0.1, 0.15) is 39.5 Å². The highest BCUT2D eigenvalue weighted by Crippen LogP contribution is 2.13. The van der Waals surface area contributed by atoms with E-state index >= 15 is 0 Å². The van der Waals surface area contributed by atoms with Gasteiger partial charge in [-0.15, -0.1) is 0 Å². The van der Waals surface area contributed by atoms with E-state index in [1.165, 1.54) is 38.8 Å². The van der Waals surface area contributed by atoms with Gasteiger partial charge < -0.3 is 10.1 Å². The summed E-state index contributed by atoms with van der Waals surface area (Å²) < 4.78 is 5.21. The second kappa shape index (κ2) is 8.04. The first-order valence-electron chi connectivity index (χ1n) is 6.78. The van der Waals surface area contributed by atoms with E-state index in [-0.39, 0.29) is 0 Å². The van der Waals surface area contributed by atoms with Gasteiger partial charge in [-0.1, -0.05) is 13.8 Å². The van der Waals surface area contributed by atoms with Gasteiger partial charge in [0.05, 0.1) is 6.61 Å². The van der Waals surface area contributed by atoms with E-state index in [1.807, 2.05) is 0 Å². The van der Waals surface area contributed by atoms with Crippen molar-refractivity contribution in [3.63, 3.8) is 0 Å². The van der Waals surface area contributed by atoms with E-state index in [1.54, 1.807) is 7.11 Å². The molecule has 1 aliphatic heterocycles.